The van der Waals surface area contributed by atoms with Gasteiger partial charge in [-0.1, -0.05) is 0 Å². The van der Waals surface area contributed by atoms with Crippen LogP contribution in [0.2, 0.25) is 0 Å². The Hall–Kier alpha value is -2.80. The molecule has 148 valence electrons. The number of H-pyrrole nitrogens is 1. The maximum absolute atomic E-state index is 6.00. The van der Waals surface area contributed by atoms with Crippen LogP contribution in [-0.4, -0.2) is 53.2 Å². The molecule has 2 N–H and O–H groups in total. The maximum atomic E-state index is 6.00. The summed E-state index contributed by atoms with van der Waals surface area (Å²) < 4.78 is 11.4. The van der Waals surface area contributed by atoms with Crippen LogP contribution in [0.25, 0.3) is 10.9 Å². The maximum Gasteiger partial charge on any atom is 0.179 e. The van der Waals surface area contributed by atoms with E-state index in [2.05, 4.69) is 25.2 Å². The first kappa shape index (κ1) is 18.6. The van der Waals surface area contributed by atoms with Crippen molar-refractivity contribution in [1.82, 2.24) is 19.9 Å². The number of fused-ring (bicyclic) bond motifs is 1. The summed E-state index contributed by atoms with van der Waals surface area (Å²) in [4.78, 5) is 14.8. The summed E-state index contributed by atoms with van der Waals surface area (Å²) in [5, 5.41) is 4.34. The minimum atomic E-state index is 0.635. The quantitative estimate of drug-likeness (QED) is 0.577. The fourth-order valence-electron chi connectivity index (χ4n) is 3.64. The number of nitrogens with zero attached hydrogens (tertiary/aromatic N) is 3. The van der Waals surface area contributed by atoms with Crippen LogP contribution >= 0.6 is 0 Å². The number of methoxy groups -OCH3 is 1. The van der Waals surface area contributed by atoms with E-state index in [1.54, 1.807) is 13.3 Å². The zero-order chi connectivity index (χ0) is 19.3. The molecule has 0 saturated carbocycles. The Morgan fingerprint density at radius 2 is 2.07 bits per heavy atom. The van der Waals surface area contributed by atoms with Crippen LogP contribution in [0, 0.1) is 6.92 Å². The van der Waals surface area contributed by atoms with Crippen LogP contribution in [0.15, 0.2) is 30.6 Å². The minimum Gasteiger partial charge on any atom is -0.491 e. The molecule has 0 unspecified atom stereocenters. The summed E-state index contributed by atoms with van der Waals surface area (Å²) >= 11 is 0. The summed E-state index contributed by atoms with van der Waals surface area (Å²) in [5.41, 5.74) is 1.98. The normalized spacial score (nSPS) is 14.5. The van der Waals surface area contributed by atoms with Crippen LogP contribution in [-0.2, 0) is 0 Å². The van der Waals surface area contributed by atoms with Crippen molar-refractivity contribution in [1.29, 1.82) is 0 Å². The molecule has 28 heavy (non-hydrogen) atoms. The molecule has 0 bridgehead atoms. The van der Waals surface area contributed by atoms with Gasteiger partial charge in [-0.2, -0.15) is 0 Å². The molecule has 0 amide bonds. The number of pyridine rings is 2. The number of aryl methyl sites for hydroxylation is 1. The molecule has 3 aromatic rings. The van der Waals surface area contributed by atoms with E-state index < -0.39 is 0 Å². The third-order valence-electron chi connectivity index (χ3n) is 5.05. The Kier molecular flexibility index (Phi) is 5.62. The molecule has 4 rings (SSSR count). The molecule has 0 radical (unpaired) electrons. The van der Waals surface area contributed by atoms with Crippen LogP contribution in [0.3, 0.4) is 0 Å². The molecule has 0 spiro atoms. The molecule has 4 heterocycles. The van der Waals surface area contributed by atoms with Crippen molar-refractivity contribution in [3.8, 4) is 11.5 Å². The van der Waals surface area contributed by atoms with E-state index in [0.717, 1.165) is 35.4 Å². The zero-order valence-corrected chi connectivity index (χ0v) is 16.5. The number of aromatic amines is 1. The second-order valence-electron chi connectivity index (χ2n) is 7.15. The zero-order valence-electron chi connectivity index (χ0n) is 16.5. The number of aromatic nitrogens is 3. The lowest BCUT2D eigenvalue weighted by atomic mass is 10.2. The van der Waals surface area contributed by atoms with Crippen molar-refractivity contribution in [2.75, 3.05) is 38.7 Å². The van der Waals surface area contributed by atoms with Crippen molar-refractivity contribution < 1.29 is 9.47 Å². The lowest BCUT2D eigenvalue weighted by molar-refractivity contribution is 0.254. The van der Waals surface area contributed by atoms with Gasteiger partial charge >= 0.3 is 0 Å². The molecule has 1 saturated heterocycles. The van der Waals surface area contributed by atoms with Crippen molar-refractivity contribution in [3.63, 3.8) is 0 Å². The molecule has 0 aliphatic carbocycles. The summed E-state index contributed by atoms with van der Waals surface area (Å²) in [6, 6.07) is 5.90. The number of nitrogens with one attached hydrogen (secondary N) is 2. The summed E-state index contributed by atoms with van der Waals surface area (Å²) in [5.74, 6) is 2.78. The van der Waals surface area contributed by atoms with E-state index in [1.165, 1.54) is 25.9 Å². The number of rotatable bonds is 8. The van der Waals surface area contributed by atoms with Gasteiger partial charge in [0, 0.05) is 29.9 Å². The predicted octanol–water partition coefficient (Wildman–Crippen LogP) is 3.88. The van der Waals surface area contributed by atoms with Crippen molar-refractivity contribution >= 4 is 22.5 Å². The largest absolute Gasteiger partial charge is 0.491 e. The number of anilines is 2. The first-order chi connectivity index (χ1) is 13.7. The monoisotopic (exact) mass is 381 g/mol. The molecular weight excluding hydrogens is 354 g/mol. The van der Waals surface area contributed by atoms with Crippen LogP contribution in [0.1, 0.15) is 25.0 Å². The van der Waals surface area contributed by atoms with E-state index >= 15 is 0 Å². The Labute approximate surface area is 165 Å². The van der Waals surface area contributed by atoms with Crippen molar-refractivity contribution in [2.24, 2.45) is 0 Å². The lowest BCUT2D eigenvalue weighted by Crippen LogP contribution is -2.21. The molecule has 7 heteroatoms. The Morgan fingerprint density at radius 3 is 2.89 bits per heavy atom. The number of hydrogen-bond acceptors (Lipinski definition) is 6. The molecule has 1 aliphatic heterocycles. The topological polar surface area (TPSA) is 75.3 Å². The van der Waals surface area contributed by atoms with E-state index in [-0.39, 0.29) is 0 Å². The van der Waals surface area contributed by atoms with E-state index in [1.807, 2.05) is 31.3 Å². The molecule has 7 nitrogen and oxygen atoms in total. The molecule has 1 fully saturated rings. The smallest absolute Gasteiger partial charge is 0.179 e. The van der Waals surface area contributed by atoms with Gasteiger partial charge in [-0.15, -0.1) is 0 Å². The van der Waals surface area contributed by atoms with Gasteiger partial charge in [0.05, 0.1) is 25.4 Å². The Bertz CT molecular complexity index is 934. The van der Waals surface area contributed by atoms with Crippen LogP contribution in [0.5, 0.6) is 11.5 Å². The van der Waals surface area contributed by atoms with E-state index in [0.29, 0.717) is 23.9 Å². The van der Waals surface area contributed by atoms with Gasteiger partial charge in [0.15, 0.2) is 11.5 Å². The highest BCUT2D eigenvalue weighted by molar-refractivity contribution is 5.91. The van der Waals surface area contributed by atoms with E-state index in [4.69, 9.17) is 9.47 Å². The van der Waals surface area contributed by atoms with Gasteiger partial charge in [-0.3, -0.25) is 0 Å². The fourth-order valence-corrected chi connectivity index (χ4v) is 3.64. The van der Waals surface area contributed by atoms with Gasteiger partial charge in [0.25, 0.3) is 0 Å². The summed E-state index contributed by atoms with van der Waals surface area (Å²) in [6.45, 7) is 6.13. The lowest BCUT2D eigenvalue weighted by Gasteiger charge is -2.16. The number of ether oxygens (including phenoxy) is 2. The predicted molar refractivity (Wildman–Crippen MR) is 111 cm³/mol. The van der Waals surface area contributed by atoms with Crippen LogP contribution < -0.4 is 14.8 Å². The molecular formula is C21H27N5O2. The SMILES string of the molecule is COc1cnc(Nc2nc(C)cc3[nH]ccc23)cc1OCCCN1CCCC1. The van der Waals surface area contributed by atoms with Crippen molar-refractivity contribution in [2.45, 2.75) is 26.2 Å². The first-order valence-corrected chi connectivity index (χ1v) is 9.84. The summed E-state index contributed by atoms with van der Waals surface area (Å²) in [6.07, 6.45) is 7.22. The highest BCUT2D eigenvalue weighted by Gasteiger charge is 2.13. The second-order valence-corrected chi connectivity index (χ2v) is 7.15. The van der Waals surface area contributed by atoms with Gasteiger partial charge in [0.1, 0.15) is 11.6 Å². The standard InChI is InChI=1S/C21H27N5O2/c1-15-12-17-16(6-7-22-17)21(24-15)25-20-13-18(19(27-2)14-23-20)28-11-5-10-26-8-3-4-9-26/h6-7,12-14,22H,3-5,8-11H2,1-2H3,(H,23,24,25). The molecule has 0 aromatic carbocycles. The molecule has 0 atom stereocenters. The number of hydrogen-bond donors (Lipinski definition) is 2. The molecule has 3 aromatic heterocycles. The second kappa shape index (κ2) is 8.48. The fraction of sp³-hybridized carbons (Fsp3) is 0.429. The highest BCUT2D eigenvalue weighted by Crippen LogP contribution is 2.31. The van der Waals surface area contributed by atoms with E-state index in [9.17, 15) is 0 Å². The van der Waals surface area contributed by atoms with Gasteiger partial charge in [-0.05, 0) is 51.4 Å². The first-order valence-electron chi connectivity index (χ1n) is 9.84. The number of likely N-dealkylation sites (tertiary alicyclic amines) is 1. The third kappa shape index (κ3) is 4.20. The third-order valence-corrected chi connectivity index (χ3v) is 5.05. The average molecular weight is 381 g/mol. The highest BCUT2D eigenvalue weighted by atomic mass is 16.5. The van der Waals surface area contributed by atoms with Gasteiger partial charge in [-0.25, -0.2) is 9.97 Å². The summed E-state index contributed by atoms with van der Waals surface area (Å²) in [7, 11) is 1.63. The minimum absolute atomic E-state index is 0.635. The molecule has 1 aliphatic rings. The Morgan fingerprint density at radius 1 is 1.21 bits per heavy atom. The Balaban J connectivity index is 1.45. The van der Waals surface area contributed by atoms with Crippen molar-refractivity contribution in [3.05, 3.63) is 36.3 Å². The van der Waals surface area contributed by atoms with Gasteiger partial charge < -0.3 is 24.7 Å². The average Bonchev–Trinajstić information content (AvgIpc) is 3.37. The van der Waals surface area contributed by atoms with Gasteiger partial charge in [0.2, 0.25) is 0 Å². The van der Waals surface area contributed by atoms with Crippen LogP contribution in [0.4, 0.5) is 11.6 Å².